The Hall–Kier alpha value is -1.22. The number of benzene rings is 2. The average molecular weight is 327 g/mol. The maximum absolute atomic E-state index is 11.4. The molecule has 0 aliphatic carbocycles. The molecule has 0 saturated carbocycles. The molecule has 1 aliphatic rings. The van der Waals surface area contributed by atoms with Gasteiger partial charge in [-0.15, -0.1) is 11.6 Å². The summed E-state index contributed by atoms with van der Waals surface area (Å²) in [5.41, 5.74) is 3.46. The number of alkyl halides is 1. The number of carbonyl (C=O) groups excluding carboxylic acids is 1. The van der Waals surface area contributed by atoms with E-state index in [0.29, 0.717) is 16.5 Å². The number of anilines is 1. The minimum atomic E-state index is -0.401. The van der Waals surface area contributed by atoms with Gasteiger partial charge in [0.25, 0.3) is 0 Å². The Labute approximate surface area is 131 Å². The molecule has 2 nitrogen and oxygen atoms in total. The van der Waals surface area contributed by atoms with Crippen molar-refractivity contribution in [3.63, 3.8) is 0 Å². The number of nitrogens with one attached hydrogen (secondary N) is 1. The summed E-state index contributed by atoms with van der Waals surface area (Å²) >= 11 is 18.7. The number of fused-ring (bicyclic) bond motifs is 1. The van der Waals surface area contributed by atoms with Gasteiger partial charge in [-0.2, -0.15) is 0 Å². The van der Waals surface area contributed by atoms with Crippen molar-refractivity contribution in [3.05, 3.63) is 63.1 Å². The zero-order chi connectivity index (χ0) is 14.3. The molecule has 20 heavy (non-hydrogen) atoms. The van der Waals surface area contributed by atoms with E-state index in [0.717, 1.165) is 22.4 Å². The van der Waals surface area contributed by atoms with Gasteiger partial charge in [-0.05, 0) is 28.8 Å². The normalized spacial score (nSPS) is 14.8. The maximum atomic E-state index is 11.4. The number of hydrogen-bond donors (Lipinski definition) is 1. The van der Waals surface area contributed by atoms with Gasteiger partial charge in [0.2, 0.25) is 5.91 Å². The summed E-state index contributed by atoms with van der Waals surface area (Å²) < 4.78 is 0. The molecule has 0 fully saturated rings. The second kappa shape index (κ2) is 5.28. The molecular weight excluding hydrogens is 317 g/mol. The largest absolute Gasteiger partial charge is 0.326 e. The summed E-state index contributed by atoms with van der Waals surface area (Å²) in [5, 5.41) is 3.34. The quantitative estimate of drug-likeness (QED) is 0.788. The Bertz CT molecular complexity index is 700. The third-order valence-corrected chi connectivity index (χ3v) is 4.62. The van der Waals surface area contributed by atoms with E-state index in [-0.39, 0.29) is 5.91 Å². The van der Waals surface area contributed by atoms with E-state index in [2.05, 4.69) is 5.32 Å². The van der Waals surface area contributed by atoms with E-state index in [1.165, 1.54) is 0 Å². The highest BCUT2D eigenvalue weighted by Gasteiger charge is 2.21. The van der Waals surface area contributed by atoms with Crippen LogP contribution >= 0.6 is 34.8 Å². The van der Waals surface area contributed by atoms with Crippen molar-refractivity contribution in [1.82, 2.24) is 0 Å². The lowest BCUT2D eigenvalue weighted by Crippen LogP contribution is -2.03. The van der Waals surface area contributed by atoms with Crippen molar-refractivity contribution in [2.24, 2.45) is 0 Å². The van der Waals surface area contributed by atoms with E-state index in [1.54, 1.807) is 6.07 Å². The first-order valence-electron chi connectivity index (χ1n) is 6.07. The van der Waals surface area contributed by atoms with Gasteiger partial charge in [-0.3, -0.25) is 4.79 Å². The van der Waals surface area contributed by atoms with Crippen molar-refractivity contribution in [3.8, 4) is 0 Å². The molecule has 102 valence electrons. The van der Waals surface area contributed by atoms with Gasteiger partial charge in [-0.25, -0.2) is 0 Å². The van der Waals surface area contributed by atoms with Gasteiger partial charge in [-0.1, -0.05) is 47.5 Å². The Balaban J connectivity index is 1.99. The van der Waals surface area contributed by atoms with Crippen LogP contribution in [0, 0.1) is 0 Å². The molecule has 3 rings (SSSR count). The fourth-order valence-corrected chi connectivity index (χ4v) is 3.09. The molecule has 0 bridgehead atoms. The Morgan fingerprint density at radius 1 is 1.15 bits per heavy atom. The van der Waals surface area contributed by atoms with Gasteiger partial charge < -0.3 is 5.32 Å². The summed E-state index contributed by atoms with van der Waals surface area (Å²) in [7, 11) is 0. The predicted molar refractivity (Wildman–Crippen MR) is 82.9 cm³/mol. The first-order valence-corrected chi connectivity index (χ1v) is 7.26. The minimum absolute atomic E-state index is 0.00376. The topological polar surface area (TPSA) is 29.1 Å². The first kappa shape index (κ1) is 13.7. The lowest BCUT2D eigenvalue weighted by molar-refractivity contribution is -0.115. The molecule has 1 N–H and O–H groups in total. The van der Waals surface area contributed by atoms with E-state index < -0.39 is 5.38 Å². The highest BCUT2D eigenvalue weighted by molar-refractivity contribution is 6.43. The van der Waals surface area contributed by atoms with Crippen LogP contribution in [0.25, 0.3) is 0 Å². The van der Waals surface area contributed by atoms with Crippen LogP contribution in [-0.4, -0.2) is 5.91 Å². The van der Waals surface area contributed by atoms with Crippen molar-refractivity contribution < 1.29 is 4.79 Å². The number of hydrogen-bond acceptors (Lipinski definition) is 1. The lowest BCUT2D eigenvalue weighted by atomic mass is 10.0. The van der Waals surface area contributed by atoms with Crippen molar-refractivity contribution in [1.29, 1.82) is 0 Å². The lowest BCUT2D eigenvalue weighted by Gasteiger charge is -2.14. The molecule has 0 spiro atoms. The van der Waals surface area contributed by atoms with Crippen LogP contribution in [0.15, 0.2) is 36.4 Å². The van der Waals surface area contributed by atoms with Crippen molar-refractivity contribution >= 4 is 46.4 Å². The Morgan fingerprint density at radius 3 is 2.75 bits per heavy atom. The van der Waals surface area contributed by atoms with Crippen LogP contribution in [0.1, 0.15) is 22.1 Å². The number of amides is 1. The van der Waals surface area contributed by atoms with Gasteiger partial charge in [0.05, 0.1) is 21.8 Å². The fourth-order valence-electron chi connectivity index (χ4n) is 2.30. The van der Waals surface area contributed by atoms with Crippen molar-refractivity contribution in [2.45, 2.75) is 11.8 Å². The molecule has 1 amide bonds. The highest BCUT2D eigenvalue weighted by Crippen LogP contribution is 2.38. The second-order valence-corrected chi connectivity index (χ2v) is 5.87. The molecule has 1 atom stereocenters. The van der Waals surface area contributed by atoms with Crippen LogP contribution in [0.5, 0.6) is 0 Å². The van der Waals surface area contributed by atoms with E-state index in [9.17, 15) is 4.79 Å². The summed E-state index contributed by atoms with van der Waals surface area (Å²) in [6.45, 7) is 0. The summed E-state index contributed by atoms with van der Waals surface area (Å²) in [6, 6.07) is 11.1. The van der Waals surface area contributed by atoms with Gasteiger partial charge in [0.15, 0.2) is 0 Å². The molecule has 2 aromatic rings. The molecular formula is C15H10Cl3NO. The average Bonchev–Trinajstić information content (AvgIpc) is 2.80. The zero-order valence-electron chi connectivity index (χ0n) is 10.3. The van der Waals surface area contributed by atoms with Gasteiger partial charge in [0.1, 0.15) is 0 Å². The third kappa shape index (κ3) is 2.39. The Kier molecular flexibility index (Phi) is 3.63. The summed E-state index contributed by atoms with van der Waals surface area (Å²) in [4.78, 5) is 11.4. The Morgan fingerprint density at radius 2 is 1.95 bits per heavy atom. The second-order valence-electron chi connectivity index (χ2n) is 4.65. The molecule has 0 radical (unpaired) electrons. The van der Waals surface area contributed by atoms with E-state index in [1.807, 2.05) is 30.3 Å². The molecule has 5 heteroatoms. The zero-order valence-corrected chi connectivity index (χ0v) is 12.6. The highest BCUT2D eigenvalue weighted by atomic mass is 35.5. The smallest absolute Gasteiger partial charge is 0.228 e. The minimum Gasteiger partial charge on any atom is -0.326 e. The summed E-state index contributed by atoms with van der Waals surface area (Å²) in [6.07, 6.45) is 0.385. The van der Waals surface area contributed by atoms with E-state index in [4.69, 9.17) is 34.8 Å². The molecule has 1 heterocycles. The summed E-state index contributed by atoms with van der Waals surface area (Å²) in [5.74, 6) is 0.00376. The third-order valence-electron chi connectivity index (χ3n) is 3.30. The molecule has 1 unspecified atom stereocenters. The monoisotopic (exact) mass is 325 g/mol. The number of halogens is 3. The fraction of sp³-hybridized carbons (Fsp3) is 0.133. The van der Waals surface area contributed by atoms with Gasteiger partial charge in [0, 0.05) is 5.69 Å². The first-order chi connectivity index (χ1) is 9.56. The van der Waals surface area contributed by atoms with Crippen LogP contribution < -0.4 is 5.32 Å². The molecule has 0 saturated heterocycles. The number of rotatable bonds is 2. The maximum Gasteiger partial charge on any atom is 0.228 e. The van der Waals surface area contributed by atoms with Crippen LogP contribution in [0.4, 0.5) is 5.69 Å². The van der Waals surface area contributed by atoms with E-state index >= 15 is 0 Å². The number of carbonyl (C=O) groups is 1. The van der Waals surface area contributed by atoms with Gasteiger partial charge >= 0.3 is 0 Å². The van der Waals surface area contributed by atoms with Crippen molar-refractivity contribution in [2.75, 3.05) is 5.32 Å². The standard InChI is InChI=1S/C15H10Cl3NO/c16-11-3-1-2-10(15(11)18)14(17)8-4-5-12-9(6-8)7-13(20)19-12/h1-6,14H,7H2,(H,19,20). The molecule has 2 aromatic carbocycles. The SMILES string of the molecule is O=C1Cc2cc(C(Cl)c3cccc(Cl)c3Cl)ccc2N1. The van der Waals surface area contributed by atoms with Crippen LogP contribution in [0.2, 0.25) is 10.0 Å². The van der Waals surface area contributed by atoms with Crippen LogP contribution in [-0.2, 0) is 11.2 Å². The van der Waals surface area contributed by atoms with Crippen LogP contribution in [0.3, 0.4) is 0 Å². The molecule has 1 aliphatic heterocycles. The predicted octanol–water partition coefficient (Wildman–Crippen LogP) is 4.82. The molecule has 0 aromatic heterocycles.